The fourth-order valence-corrected chi connectivity index (χ4v) is 4.67. The van der Waals surface area contributed by atoms with Gasteiger partial charge in [0.15, 0.2) is 8.32 Å². The van der Waals surface area contributed by atoms with Gasteiger partial charge in [-0.3, -0.25) is 0 Å². The van der Waals surface area contributed by atoms with Gasteiger partial charge in [0.1, 0.15) is 0 Å². The average molecular weight is 216 g/mol. The van der Waals surface area contributed by atoms with Crippen LogP contribution >= 0.6 is 0 Å². The van der Waals surface area contributed by atoms with Gasteiger partial charge in [-0.25, -0.2) is 0 Å². The molecule has 14 heavy (non-hydrogen) atoms. The van der Waals surface area contributed by atoms with Crippen LogP contribution in [0.25, 0.3) is 0 Å². The highest BCUT2D eigenvalue weighted by atomic mass is 28.4. The summed E-state index contributed by atoms with van der Waals surface area (Å²) >= 11 is 0. The SMILES string of the molecule is CC(C)(C)CC[Si](C)(C)OC(C)(C)C. The first-order chi connectivity index (χ1) is 5.91. The van der Waals surface area contributed by atoms with Crippen molar-refractivity contribution in [2.75, 3.05) is 0 Å². The van der Waals surface area contributed by atoms with Crippen molar-refractivity contribution in [3.63, 3.8) is 0 Å². The molecule has 0 aliphatic rings. The van der Waals surface area contributed by atoms with E-state index in [1.807, 2.05) is 0 Å². The molecular formula is C12H28OSi. The molecule has 0 radical (unpaired) electrons. The molecule has 0 N–H and O–H groups in total. The molecule has 0 saturated heterocycles. The largest absolute Gasteiger partial charge is 0.413 e. The highest BCUT2D eigenvalue weighted by Crippen LogP contribution is 2.28. The van der Waals surface area contributed by atoms with Gasteiger partial charge in [0.2, 0.25) is 0 Å². The molecule has 0 rings (SSSR count). The maximum Gasteiger partial charge on any atom is 0.187 e. The Morgan fingerprint density at radius 2 is 1.36 bits per heavy atom. The smallest absolute Gasteiger partial charge is 0.187 e. The monoisotopic (exact) mass is 216 g/mol. The molecule has 0 amide bonds. The van der Waals surface area contributed by atoms with Crippen LogP contribution < -0.4 is 0 Å². The molecule has 0 spiro atoms. The number of hydrogen-bond acceptors (Lipinski definition) is 1. The van der Waals surface area contributed by atoms with Crippen LogP contribution in [0.3, 0.4) is 0 Å². The first kappa shape index (κ1) is 14.2. The summed E-state index contributed by atoms with van der Waals surface area (Å²) in [5.41, 5.74) is 0.457. The first-order valence-electron chi connectivity index (χ1n) is 5.62. The second-order valence-corrected chi connectivity index (χ2v) is 11.3. The van der Waals surface area contributed by atoms with Crippen LogP contribution in [0.15, 0.2) is 0 Å². The summed E-state index contributed by atoms with van der Waals surface area (Å²) in [6, 6.07) is 1.26. The van der Waals surface area contributed by atoms with Crippen molar-refractivity contribution in [3.8, 4) is 0 Å². The summed E-state index contributed by atoms with van der Waals surface area (Å²) in [5, 5.41) is 0. The van der Waals surface area contributed by atoms with E-state index in [0.717, 1.165) is 0 Å². The summed E-state index contributed by atoms with van der Waals surface area (Å²) in [7, 11) is -1.45. The first-order valence-corrected chi connectivity index (χ1v) is 8.73. The van der Waals surface area contributed by atoms with Crippen molar-refractivity contribution < 1.29 is 4.43 Å². The molecule has 0 fully saturated rings. The second-order valence-electron chi connectivity index (χ2n) is 7.03. The summed E-state index contributed by atoms with van der Waals surface area (Å²) in [6.07, 6.45) is 1.27. The lowest BCUT2D eigenvalue weighted by Crippen LogP contribution is -2.39. The van der Waals surface area contributed by atoms with Gasteiger partial charge in [0.25, 0.3) is 0 Å². The van der Waals surface area contributed by atoms with Crippen molar-refractivity contribution in [2.45, 2.75) is 72.7 Å². The van der Waals surface area contributed by atoms with Gasteiger partial charge in [0.05, 0.1) is 0 Å². The van der Waals surface area contributed by atoms with Crippen molar-refractivity contribution >= 4 is 8.32 Å². The third kappa shape index (κ3) is 8.76. The van der Waals surface area contributed by atoms with E-state index in [9.17, 15) is 0 Å². The van der Waals surface area contributed by atoms with Crippen molar-refractivity contribution in [2.24, 2.45) is 5.41 Å². The fraction of sp³-hybridized carbons (Fsp3) is 1.00. The Bertz CT molecular complexity index is 172. The van der Waals surface area contributed by atoms with E-state index in [1.165, 1.54) is 12.5 Å². The predicted octanol–water partition coefficient (Wildman–Crippen LogP) is 4.44. The molecule has 2 heteroatoms. The van der Waals surface area contributed by atoms with Gasteiger partial charge in [0, 0.05) is 5.60 Å². The van der Waals surface area contributed by atoms with E-state index in [0.29, 0.717) is 5.41 Å². The minimum atomic E-state index is -1.45. The number of hydrogen-bond donors (Lipinski definition) is 0. The molecule has 0 bridgehead atoms. The van der Waals surface area contributed by atoms with Gasteiger partial charge in [-0.2, -0.15) is 0 Å². The molecule has 1 nitrogen and oxygen atoms in total. The molecule has 0 aliphatic heterocycles. The lowest BCUT2D eigenvalue weighted by Gasteiger charge is -2.34. The molecule has 0 unspecified atom stereocenters. The van der Waals surface area contributed by atoms with Crippen LogP contribution in [0.2, 0.25) is 19.1 Å². The maximum atomic E-state index is 6.16. The molecule has 0 aromatic carbocycles. The van der Waals surface area contributed by atoms with Crippen LogP contribution in [0.4, 0.5) is 0 Å². The van der Waals surface area contributed by atoms with E-state index >= 15 is 0 Å². The highest BCUT2D eigenvalue weighted by molar-refractivity contribution is 6.71. The normalized spacial score (nSPS) is 14.6. The highest BCUT2D eigenvalue weighted by Gasteiger charge is 2.29. The topological polar surface area (TPSA) is 9.23 Å². The van der Waals surface area contributed by atoms with Crippen molar-refractivity contribution in [3.05, 3.63) is 0 Å². The molecule has 0 aromatic rings. The van der Waals surface area contributed by atoms with Crippen LogP contribution in [0.1, 0.15) is 48.0 Å². The fourth-order valence-electron chi connectivity index (χ4n) is 1.56. The summed E-state index contributed by atoms with van der Waals surface area (Å²) in [6.45, 7) is 18.0. The minimum Gasteiger partial charge on any atom is -0.413 e. The predicted molar refractivity (Wildman–Crippen MR) is 67.2 cm³/mol. The molecule has 0 saturated carbocycles. The Balaban J connectivity index is 4.09. The lowest BCUT2D eigenvalue weighted by atomic mass is 9.94. The van der Waals surface area contributed by atoms with E-state index in [2.05, 4.69) is 54.6 Å². The average Bonchev–Trinajstić information content (AvgIpc) is 1.76. The Morgan fingerprint density at radius 3 is 1.64 bits per heavy atom. The lowest BCUT2D eigenvalue weighted by molar-refractivity contribution is 0.118. The molecule has 0 aromatic heterocycles. The molecule has 0 aliphatic carbocycles. The Morgan fingerprint density at radius 1 is 0.929 bits per heavy atom. The van der Waals surface area contributed by atoms with Crippen molar-refractivity contribution in [1.82, 2.24) is 0 Å². The van der Waals surface area contributed by atoms with Gasteiger partial charge in [-0.1, -0.05) is 20.8 Å². The third-order valence-electron chi connectivity index (χ3n) is 2.06. The minimum absolute atomic E-state index is 0.0214. The Hall–Kier alpha value is 0.177. The summed E-state index contributed by atoms with van der Waals surface area (Å²) in [5.74, 6) is 0. The molecular weight excluding hydrogens is 188 g/mol. The van der Waals surface area contributed by atoms with Gasteiger partial charge in [-0.15, -0.1) is 0 Å². The van der Waals surface area contributed by atoms with E-state index < -0.39 is 8.32 Å². The van der Waals surface area contributed by atoms with Crippen LogP contribution in [0, 0.1) is 5.41 Å². The summed E-state index contributed by atoms with van der Waals surface area (Å²) in [4.78, 5) is 0. The zero-order valence-electron chi connectivity index (χ0n) is 11.3. The number of rotatable bonds is 3. The molecule has 0 heterocycles. The Labute approximate surface area is 91.4 Å². The Kier molecular flexibility index (Phi) is 4.41. The maximum absolute atomic E-state index is 6.16. The van der Waals surface area contributed by atoms with Gasteiger partial charge >= 0.3 is 0 Å². The van der Waals surface area contributed by atoms with Crippen molar-refractivity contribution in [1.29, 1.82) is 0 Å². The van der Waals surface area contributed by atoms with Crippen LogP contribution in [-0.4, -0.2) is 13.9 Å². The second kappa shape index (κ2) is 4.36. The standard InChI is InChI=1S/C12H28OSi/c1-11(2,3)9-10-14(7,8)13-12(4,5)6/h9-10H2,1-8H3. The van der Waals surface area contributed by atoms with E-state index in [-0.39, 0.29) is 5.60 Å². The zero-order chi connectivity index (χ0) is 11.6. The van der Waals surface area contributed by atoms with Gasteiger partial charge in [-0.05, 0) is 51.7 Å². The molecule has 0 atom stereocenters. The zero-order valence-corrected chi connectivity index (χ0v) is 12.3. The third-order valence-corrected chi connectivity index (χ3v) is 4.68. The summed E-state index contributed by atoms with van der Waals surface area (Å²) < 4.78 is 6.16. The van der Waals surface area contributed by atoms with Gasteiger partial charge < -0.3 is 4.43 Å². The van der Waals surface area contributed by atoms with E-state index in [4.69, 9.17) is 4.43 Å². The quantitative estimate of drug-likeness (QED) is 0.634. The van der Waals surface area contributed by atoms with Crippen LogP contribution in [0.5, 0.6) is 0 Å². The molecule has 86 valence electrons. The van der Waals surface area contributed by atoms with Crippen LogP contribution in [-0.2, 0) is 4.43 Å². The van der Waals surface area contributed by atoms with E-state index in [1.54, 1.807) is 0 Å².